The van der Waals surface area contributed by atoms with E-state index >= 15 is 0 Å². The van der Waals surface area contributed by atoms with Gasteiger partial charge in [0.15, 0.2) is 5.82 Å². The van der Waals surface area contributed by atoms with Crippen molar-refractivity contribution in [1.82, 2.24) is 29.6 Å². The Labute approximate surface area is 175 Å². The first-order valence-electron chi connectivity index (χ1n) is 10.3. The highest BCUT2D eigenvalue weighted by Crippen LogP contribution is 2.34. The van der Waals surface area contributed by atoms with Crippen LogP contribution in [-0.4, -0.2) is 61.7 Å². The van der Waals surface area contributed by atoms with E-state index in [0.717, 1.165) is 49.1 Å². The van der Waals surface area contributed by atoms with Gasteiger partial charge in [-0.2, -0.15) is 0 Å². The van der Waals surface area contributed by atoms with E-state index in [-0.39, 0.29) is 5.91 Å². The number of likely N-dealkylation sites (tertiary alicyclic amines) is 1. The van der Waals surface area contributed by atoms with Gasteiger partial charge in [0.05, 0.1) is 5.56 Å². The van der Waals surface area contributed by atoms with Crippen LogP contribution >= 0.6 is 0 Å². The van der Waals surface area contributed by atoms with Crippen molar-refractivity contribution in [3.8, 4) is 11.4 Å². The van der Waals surface area contributed by atoms with E-state index in [1.807, 2.05) is 60.7 Å². The van der Waals surface area contributed by atoms with Crippen LogP contribution in [0.5, 0.6) is 0 Å². The van der Waals surface area contributed by atoms with E-state index in [4.69, 9.17) is 0 Å². The van der Waals surface area contributed by atoms with Crippen LogP contribution in [0.25, 0.3) is 11.4 Å². The predicted octanol–water partition coefficient (Wildman–Crippen LogP) is 2.10. The van der Waals surface area contributed by atoms with Gasteiger partial charge in [0.1, 0.15) is 6.33 Å². The monoisotopic (exact) mass is 403 g/mol. The minimum atomic E-state index is 0.0669. The van der Waals surface area contributed by atoms with Crippen molar-refractivity contribution < 1.29 is 4.79 Å². The standard InChI is InChI=1S/C22H25N7O/c1-14-8-15(2)25-22(24-14)29-11-16-9-28(10-17(16)12-29)21(30)19-7-5-4-6-18(19)20-26-23-13-27(20)3/h4-8,13,16-17H,9-12H2,1-3H3. The number of carbonyl (C=O) groups excluding carboxylic acids is 1. The fraction of sp³-hybridized carbons (Fsp3) is 0.409. The maximum Gasteiger partial charge on any atom is 0.254 e. The number of carbonyl (C=O) groups is 1. The molecule has 8 nitrogen and oxygen atoms in total. The van der Waals surface area contributed by atoms with Crippen LogP contribution in [0.1, 0.15) is 21.7 Å². The first-order valence-corrected chi connectivity index (χ1v) is 10.3. The minimum Gasteiger partial charge on any atom is -0.340 e. The molecular weight excluding hydrogens is 378 g/mol. The molecule has 0 radical (unpaired) electrons. The van der Waals surface area contributed by atoms with E-state index in [1.165, 1.54) is 0 Å². The lowest BCUT2D eigenvalue weighted by molar-refractivity contribution is 0.0783. The van der Waals surface area contributed by atoms with Crippen molar-refractivity contribution in [2.24, 2.45) is 18.9 Å². The molecule has 0 spiro atoms. The molecule has 3 aromatic rings. The van der Waals surface area contributed by atoms with E-state index in [1.54, 1.807) is 6.33 Å². The van der Waals surface area contributed by atoms with Crippen LogP contribution in [-0.2, 0) is 7.05 Å². The third-order valence-electron chi connectivity index (χ3n) is 6.14. The number of aryl methyl sites for hydroxylation is 3. The van der Waals surface area contributed by atoms with Gasteiger partial charge in [0, 0.05) is 62.0 Å². The Morgan fingerprint density at radius 3 is 2.30 bits per heavy atom. The van der Waals surface area contributed by atoms with Crippen LogP contribution in [0.3, 0.4) is 0 Å². The molecule has 4 heterocycles. The highest BCUT2D eigenvalue weighted by molar-refractivity contribution is 6.00. The number of hydrogen-bond donors (Lipinski definition) is 0. The second kappa shape index (κ2) is 7.19. The molecule has 2 aromatic heterocycles. The predicted molar refractivity (Wildman–Crippen MR) is 113 cm³/mol. The molecule has 8 heteroatoms. The molecule has 5 rings (SSSR count). The molecule has 0 saturated carbocycles. The maximum atomic E-state index is 13.4. The summed E-state index contributed by atoms with van der Waals surface area (Å²) in [4.78, 5) is 26.9. The summed E-state index contributed by atoms with van der Waals surface area (Å²) in [6.45, 7) is 7.31. The van der Waals surface area contributed by atoms with Gasteiger partial charge in [-0.1, -0.05) is 18.2 Å². The Balaban J connectivity index is 1.33. The summed E-state index contributed by atoms with van der Waals surface area (Å²) in [6.07, 6.45) is 1.65. The summed E-state index contributed by atoms with van der Waals surface area (Å²) in [6, 6.07) is 9.66. The third-order valence-corrected chi connectivity index (χ3v) is 6.14. The molecule has 1 amide bonds. The quantitative estimate of drug-likeness (QED) is 0.666. The van der Waals surface area contributed by atoms with Crippen LogP contribution < -0.4 is 4.90 Å². The summed E-state index contributed by atoms with van der Waals surface area (Å²) in [7, 11) is 1.89. The second-order valence-corrected chi connectivity index (χ2v) is 8.40. The average molecular weight is 403 g/mol. The summed E-state index contributed by atoms with van der Waals surface area (Å²) in [5.41, 5.74) is 3.49. The zero-order chi connectivity index (χ0) is 20.8. The van der Waals surface area contributed by atoms with Gasteiger partial charge in [-0.25, -0.2) is 9.97 Å². The third kappa shape index (κ3) is 3.22. The SMILES string of the molecule is Cc1cc(C)nc(N2CC3CN(C(=O)c4ccccc4-c4nncn4C)CC3C2)n1. The molecule has 2 aliphatic rings. The molecule has 154 valence electrons. The fourth-order valence-electron chi connectivity index (χ4n) is 4.73. The van der Waals surface area contributed by atoms with Crippen molar-refractivity contribution in [1.29, 1.82) is 0 Å². The van der Waals surface area contributed by atoms with Crippen LogP contribution in [0.2, 0.25) is 0 Å². The summed E-state index contributed by atoms with van der Waals surface area (Å²) < 4.78 is 1.84. The molecule has 0 N–H and O–H groups in total. The van der Waals surface area contributed by atoms with Gasteiger partial charge in [-0.3, -0.25) is 4.79 Å². The average Bonchev–Trinajstić information content (AvgIpc) is 3.41. The first kappa shape index (κ1) is 18.7. The maximum absolute atomic E-state index is 13.4. The summed E-state index contributed by atoms with van der Waals surface area (Å²) in [5.74, 6) is 2.47. The number of amides is 1. The van der Waals surface area contributed by atoms with Crippen LogP contribution in [0.15, 0.2) is 36.7 Å². The zero-order valence-corrected chi connectivity index (χ0v) is 17.5. The number of anilines is 1. The normalized spacial score (nSPS) is 20.6. The van der Waals surface area contributed by atoms with Gasteiger partial charge < -0.3 is 14.4 Å². The van der Waals surface area contributed by atoms with E-state index in [9.17, 15) is 4.79 Å². The summed E-state index contributed by atoms with van der Waals surface area (Å²) in [5, 5.41) is 8.15. The number of aromatic nitrogens is 5. The molecular formula is C22H25N7O. The Morgan fingerprint density at radius 2 is 1.67 bits per heavy atom. The number of benzene rings is 1. The van der Waals surface area contributed by atoms with Crippen molar-refractivity contribution in [2.75, 3.05) is 31.1 Å². The van der Waals surface area contributed by atoms with E-state index in [2.05, 4.69) is 25.1 Å². The lowest BCUT2D eigenvalue weighted by Crippen LogP contribution is -2.34. The molecule has 0 aliphatic carbocycles. The van der Waals surface area contributed by atoms with Crippen LogP contribution in [0.4, 0.5) is 5.95 Å². The van der Waals surface area contributed by atoms with Crippen molar-refractivity contribution in [2.45, 2.75) is 13.8 Å². The molecule has 1 aromatic carbocycles. The molecule has 2 aliphatic heterocycles. The molecule has 30 heavy (non-hydrogen) atoms. The van der Waals surface area contributed by atoms with Gasteiger partial charge >= 0.3 is 0 Å². The van der Waals surface area contributed by atoms with Gasteiger partial charge in [0.2, 0.25) is 5.95 Å². The molecule has 2 saturated heterocycles. The molecule has 2 atom stereocenters. The fourth-order valence-corrected chi connectivity index (χ4v) is 4.73. The minimum absolute atomic E-state index is 0.0669. The second-order valence-electron chi connectivity index (χ2n) is 8.40. The van der Waals surface area contributed by atoms with Crippen LogP contribution in [0, 0.1) is 25.7 Å². The van der Waals surface area contributed by atoms with E-state index in [0.29, 0.717) is 23.2 Å². The Hall–Kier alpha value is -3.29. The first-order chi connectivity index (χ1) is 14.5. The highest BCUT2D eigenvalue weighted by Gasteiger charge is 2.42. The number of fused-ring (bicyclic) bond motifs is 1. The number of nitrogens with zero attached hydrogens (tertiary/aromatic N) is 7. The van der Waals surface area contributed by atoms with Gasteiger partial charge in [0.25, 0.3) is 5.91 Å². The van der Waals surface area contributed by atoms with Crippen molar-refractivity contribution in [3.05, 3.63) is 53.6 Å². The van der Waals surface area contributed by atoms with E-state index < -0.39 is 0 Å². The zero-order valence-electron chi connectivity index (χ0n) is 17.5. The number of rotatable bonds is 3. The van der Waals surface area contributed by atoms with Crippen molar-refractivity contribution >= 4 is 11.9 Å². The Bertz CT molecular complexity index is 1070. The number of hydrogen-bond acceptors (Lipinski definition) is 6. The smallest absolute Gasteiger partial charge is 0.254 e. The summed E-state index contributed by atoms with van der Waals surface area (Å²) >= 11 is 0. The largest absolute Gasteiger partial charge is 0.340 e. The highest BCUT2D eigenvalue weighted by atomic mass is 16.2. The van der Waals surface area contributed by atoms with Gasteiger partial charge in [-0.05, 0) is 26.0 Å². The lowest BCUT2D eigenvalue weighted by atomic mass is 10.0. The van der Waals surface area contributed by atoms with Gasteiger partial charge in [-0.15, -0.1) is 10.2 Å². The molecule has 2 fully saturated rings. The van der Waals surface area contributed by atoms with Crippen molar-refractivity contribution in [3.63, 3.8) is 0 Å². The molecule has 0 bridgehead atoms. The Morgan fingerprint density at radius 1 is 1.00 bits per heavy atom. The lowest BCUT2D eigenvalue weighted by Gasteiger charge is -2.23. The topological polar surface area (TPSA) is 80.0 Å². The Kier molecular flexibility index (Phi) is 4.49. The molecule has 2 unspecified atom stereocenters.